The zero-order valence-electron chi connectivity index (χ0n) is 10.2. The number of benzene rings is 1. The van der Waals surface area contributed by atoms with Gasteiger partial charge in [0.15, 0.2) is 0 Å². The highest BCUT2D eigenvalue weighted by molar-refractivity contribution is 9.10. The molecule has 0 spiro atoms. The van der Waals surface area contributed by atoms with Crippen molar-refractivity contribution in [3.8, 4) is 0 Å². The van der Waals surface area contributed by atoms with Crippen LogP contribution in [0.1, 0.15) is 26.3 Å². The molecule has 16 heavy (non-hydrogen) atoms. The van der Waals surface area contributed by atoms with Crippen molar-refractivity contribution in [2.75, 3.05) is 13.2 Å². The molecular weight excluding hydrogens is 266 g/mol. The molecule has 0 fully saturated rings. The fourth-order valence-corrected chi connectivity index (χ4v) is 1.82. The van der Waals surface area contributed by atoms with Crippen LogP contribution in [-0.4, -0.2) is 18.8 Å². The van der Waals surface area contributed by atoms with Crippen LogP contribution in [0.5, 0.6) is 0 Å². The largest absolute Gasteiger partial charge is 0.375 e. The molecule has 0 atom stereocenters. The van der Waals surface area contributed by atoms with Crippen molar-refractivity contribution < 1.29 is 4.74 Å². The van der Waals surface area contributed by atoms with Gasteiger partial charge in [-0.15, -0.1) is 0 Å². The number of rotatable bonds is 6. The molecule has 0 aliphatic rings. The maximum absolute atomic E-state index is 5.62. The molecule has 2 nitrogen and oxygen atoms in total. The number of hydrogen-bond acceptors (Lipinski definition) is 2. The van der Waals surface area contributed by atoms with Crippen LogP contribution in [0.15, 0.2) is 28.7 Å². The number of nitrogens with one attached hydrogen (secondary N) is 1. The SMILES string of the molecule is CCOC(C)(C)CNCc1ccc(Br)cc1. The lowest BCUT2D eigenvalue weighted by molar-refractivity contribution is -0.00897. The Balaban J connectivity index is 2.32. The van der Waals surface area contributed by atoms with Crippen molar-refractivity contribution in [1.29, 1.82) is 0 Å². The van der Waals surface area contributed by atoms with Crippen LogP contribution in [0.25, 0.3) is 0 Å². The molecule has 0 saturated heterocycles. The summed E-state index contributed by atoms with van der Waals surface area (Å²) in [7, 11) is 0. The van der Waals surface area contributed by atoms with Gasteiger partial charge in [0.25, 0.3) is 0 Å². The molecule has 0 amide bonds. The van der Waals surface area contributed by atoms with E-state index < -0.39 is 0 Å². The first-order valence-corrected chi connectivity index (χ1v) is 6.42. The number of ether oxygens (including phenoxy) is 1. The highest BCUT2D eigenvalue weighted by Crippen LogP contribution is 2.11. The summed E-state index contributed by atoms with van der Waals surface area (Å²) in [6.45, 7) is 8.72. The standard InChI is InChI=1S/C13H20BrNO/c1-4-16-13(2,3)10-15-9-11-5-7-12(14)8-6-11/h5-8,15H,4,9-10H2,1-3H3. The van der Waals surface area contributed by atoms with Crippen LogP contribution in [0.4, 0.5) is 0 Å². The molecule has 0 saturated carbocycles. The maximum Gasteiger partial charge on any atom is 0.0750 e. The first-order chi connectivity index (χ1) is 7.53. The maximum atomic E-state index is 5.62. The second kappa shape index (κ2) is 6.38. The average Bonchev–Trinajstić information content (AvgIpc) is 2.20. The normalized spacial score (nSPS) is 11.8. The van der Waals surface area contributed by atoms with Crippen LogP contribution in [0, 0.1) is 0 Å². The Morgan fingerprint density at radius 1 is 1.25 bits per heavy atom. The zero-order valence-corrected chi connectivity index (χ0v) is 11.8. The Morgan fingerprint density at radius 3 is 2.44 bits per heavy atom. The fourth-order valence-electron chi connectivity index (χ4n) is 1.55. The molecule has 1 aromatic carbocycles. The molecule has 0 heterocycles. The first kappa shape index (κ1) is 13.7. The third kappa shape index (κ3) is 5.10. The van der Waals surface area contributed by atoms with E-state index in [2.05, 4.69) is 59.4 Å². The van der Waals surface area contributed by atoms with Gasteiger partial charge in [0.1, 0.15) is 0 Å². The van der Waals surface area contributed by atoms with Gasteiger partial charge in [0.2, 0.25) is 0 Å². The second-order valence-electron chi connectivity index (χ2n) is 4.42. The van der Waals surface area contributed by atoms with Crippen molar-refractivity contribution in [3.63, 3.8) is 0 Å². The summed E-state index contributed by atoms with van der Waals surface area (Å²) < 4.78 is 6.73. The molecule has 0 aromatic heterocycles. The van der Waals surface area contributed by atoms with Gasteiger partial charge in [-0.05, 0) is 38.5 Å². The topological polar surface area (TPSA) is 21.3 Å². The molecule has 0 aliphatic carbocycles. The van der Waals surface area contributed by atoms with Crippen LogP contribution >= 0.6 is 15.9 Å². The summed E-state index contributed by atoms with van der Waals surface area (Å²) in [5, 5.41) is 3.41. The lowest BCUT2D eigenvalue weighted by Gasteiger charge is -2.25. The molecule has 0 unspecified atom stereocenters. The van der Waals surface area contributed by atoms with Gasteiger partial charge in [-0.25, -0.2) is 0 Å². The van der Waals surface area contributed by atoms with Crippen LogP contribution in [0.2, 0.25) is 0 Å². The number of hydrogen-bond donors (Lipinski definition) is 1. The highest BCUT2D eigenvalue weighted by atomic mass is 79.9. The van der Waals surface area contributed by atoms with Crippen molar-refractivity contribution in [1.82, 2.24) is 5.32 Å². The van der Waals surface area contributed by atoms with Gasteiger partial charge < -0.3 is 10.1 Å². The summed E-state index contributed by atoms with van der Waals surface area (Å²) in [6.07, 6.45) is 0. The molecule has 1 aromatic rings. The van der Waals surface area contributed by atoms with Gasteiger partial charge >= 0.3 is 0 Å². The summed E-state index contributed by atoms with van der Waals surface area (Å²) >= 11 is 3.43. The first-order valence-electron chi connectivity index (χ1n) is 5.62. The van der Waals surface area contributed by atoms with E-state index in [0.29, 0.717) is 0 Å². The fraction of sp³-hybridized carbons (Fsp3) is 0.538. The molecule has 1 rings (SSSR count). The van der Waals surface area contributed by atoms with Crippen molar-refractivity contribution in [2.45, 2.75) is 32.9 Å². The van der Waals surface area contributed by atoms with E-state index in [1.54, 1.807) is 0 Å². The molecular formula is C13H20BrNO. The Bertz CT molecular complexity index is 308. The molecule has 3 heteroatoms. The van der Waals surface area contributed by atoms with E-state index in [1.165, 1.54) is 5.56 Å². The summed E-state index contributed by atoms with van der Waals surface area (Å²) in [5.41, 5.74) is 1.19. The predicted molar refractivity (Wildman–Crippen MR) is 71.6 cm³/mol. The van der Waals surface area contributed by atoms with Gasteiger partial charge in [-0.2, -0.15) is 0 Å². The van der Waals surface area contributed by atoms with E-state index in [4.69, 9.17) is 4.74 Å². The van der Waals surface area contributed by atoms with Crippen LogP contribution < -0.4 is 5.32 Å². The molecule has 1 N–H and O–H groups in total. The summed E-state index contributed by atoms with van der Waals surface area (Å²) in [4.78, 5) is 0. The van der Waals surface area contributed by atoms with E-state index >= 15 is 0 Å². The van der Waals surface area contributed by atoms with Crippen molar-refractivity contribution in [2.24, 2.45) is 0 Å². The van der Waals surface area contributed by atoms with E-state index in [1.807, 2.05) is 6.92 Å². The summed E-state index contributed by atoms with van der Waals surface area (Å²) in [6, 6.07) is 8.35. The smallest absolute Gasteiger partial charge is 0.0750 e. The van der Waals surface area contributed by atoms with E-state index in [0.717, 1.165) is 24.2 Å². The van der Waals surface area contributed by atoms with E-state index in [9.17, 15) is 0 Å². The lowest BCUT2D eigenvalue weighted by atomic mass is 10.1. The molecule has 0 bridgehead atoms. The third-order valence-electron chi connectivity index (χ3n) is 2.33. The van der Waals surface area contributed by atoms with Gasteiger partial charge in [0.05, 0.1) is 5.60 Å². The summed E-state index contributed by atoms with van der Waals surface area (Å²) in [5.74, 6) is 0. The molecule has 0 radical (unpaired) electrons. The Morgan fingerprint density at radius 2 is 1.88 bits per heavy atom. The minimum Gasteiger partial charge on any atom is -0.375 e. The zero-order chi connectivity index (χ0) is 12.0. The minimum absolute atomic E-state index is 0.0931. The van der Waals surface area contributed by atoms with Gasteiger partial charge in [0, 0.05) is 24.2 Å². The monoisotopic (exact) mass is 285 g/mol. The lowest BCUT2D eigenvalue weighted by Crippen LogP contribution is -2.37. The minimum atomic E-state index is -0.0931. The van der Waals surface area contributed by atoms with Gasteiger partial charge in [-0.1, -0.05) is 28.1 Å². The van der Waals surface area contributed by atoms with E-state index in [-0.39, 0.29) is 5.60 Å². The van der Waals surface area contributed by atoms with Crippen LogP contribution in [0.3, 0.4) is 0 Å². The third-order valence-corrected chi connectivity index (χ3v) is 2.86. The highest BCUT2D eigenvalue weighted by Gasteiger charge is 2.16. The Kier molecular flexibility index (Phi) is 5.46. The molecule has 90 valence electrons. The quantitative estimate of drug-likeness (QED) is 0.866. The Hall–Kier alpha value is -0.380. The van der Waals surface area contributed by atoms with Crippen LogP contribution in [-0.2, 0) is 11.3 Å². The van der Waals surface area contributed by atoms with Gasteiger partial charge in [-0.3, -0.25) is 0 Å². The molecule has 0 aliphatic heterocycles. The van der Waals surface area contributed by atoms with Crippen molar-refractivity contribution >= 4 is 15.9 Å². The number of halogens is 1. The second-order valence-corrected chi connectivity index (χ2v) is 5.34. The van der Waals surface area contributed by atoms with Crippen molar-refractivity contribution in [3.05, 3.63) is 34.3 Å². The Labute approximate surface area is 107 Å². The average molecular weight is 286 g/mol. The predicted octanol–water partition coefficient (Wildman–Crippen LogP) is 3.35.